The summed E-state index contributed by atoms with van der Waals surface area (Å²) in [5.41, 5.74) is 0.685. The molecule has 0 aliphatic rings. The fraction of sp³-hybridized carbons (Fsp3) is 0.0714. The van der Waals surface area contributed by atoms with Crippen molar-refractivity contribution in [2.24, 2.45) is 0 Å². The third kappa shape index (κ3) is 5.08. The van der Waals surface area contributed by atoms with Crippen LogP contribution < -0.4 is 0 Å². The van der Waals surface area contributed by atoms with Crippen molar-refractivity contribution >= 4 is 11.8 Å². The van der Waals surface area contributed by atoms with Crippen molar-refractivity contribution < 1.29 is 19.1 Å². The van der Waals surface area contributed by atoms with Gasteiger partial charge in [0.05, 0.1) is 5.56 Å². The Morgan fingerprint density at radius 2 is 1.74 bits per heavy atom. The summed E-state index contributed by atoms with van der Waals surface area (Å²) in [6, 6.07) is 8.27. The molecule has 0 unspecified atom stereocenters. The normalized spacial score (nSPS) is 9.16. The van der Waals surface area contributed by atoms with Gasteiger partial charge in [-0.25, -0.2) is 9.18 Å². The molecular formula is C14H12FNO3. The van der Waals surface area contributed by atoms with E-state index in [9.17, 15) is 14.0 Å². The number of aromatic carboxylic acids is 1. The summed E-state index contributed by atoms with van der Waals surface area (Å²) in [6.45, 7) is 1.54. The van der Waals surface area contributed by atoms with Crippen LogP contribution in [0.25, 0.3) is 0 Å². The highest BCUT2D eigenvalue weighted by atomic mass is 19.1. The molecule has 1 N–H and O–H groups in total. The van der Waals surface area contributed by atoms with E-state index >= 15 is 0 Å². The second kappa shape index (κ2) is 7.00. The zero-order valence-corrected chi connectivity index (χ0v) is 10.2. The molecule has 1 aromatic carbocycles. The Hall–Kier alpha value is -2.56. The molecule has 2 aromatic rings. The lowest BCUT2D eigenvalue weighted by Crippen LogP contribution is -1.95. The maximum absolute atomic E-state index is 12.3. The predicted octanol–water partition coefficient (Wildman–Crippen LogP) is 2.81. The topological polar surface area (TPSA) is 67.3 Å². The van der Waals surface area contributed by atoms with E-state index in [1.807, 2.05) is 0 Å². The Labute approximate surface area is 109 Å². The Bertz CT molecular complexity index is 570. The van der Waals surface area contributed by atoms with Crippen molar-refractivity contribution in [2.75, 3.05) is 0 Å². The third-order valence-electron chi connectivity index (χ3n) is 2.16. The zero-order valence-electron chi connectivity index (χ0n) is 10.2. The lowest BCUT2D eigenvalue weighted by molar-refractivity contribution is 0.0696. The monoisotopic (exact) mass is 261 g/mol. The summed E-state index contributed by atoms with van der Waals surface area (Å²) < 4.78 is 12.3. The van der Waals surface area contributed by atoms with Crippen LogP contribution in [0.3, 0.4) is 0 Å². The maximum Gasteiger partial charge on any atom is 0.335 e. The minimum atomic E-state index is -1.11. The average Bonchev–Trinajstić information content (AvgIpc) is 2.40. The number of halogens is 1. The fourth-order valence-electron chi connectivity index (χ4n) is 1.21. The second-order valence-corrected chi connectivity index (χ2v) is 3.61. The van der Waals surface area contributed by atoms with Crippen LogP contribution in [0, 0.1) is 5.82 Å². The molecule has 0 atom stereocenters. The van der Waals surface area contributed by atoms with Gasteiger partial charge in [0, 0.05) is 18.0 Å². The van der Waals surface area contributed by atoms with Gasteiger partial charge in [0.2, 0.25) is 0 Å². The Balaban J connectivity index is 0.000000191. The molecule has 0 spiro atoms. The Morgan fingerprint density at radius 3 is 2.11 bits per heavy atom. The number of Topliss-reactive ketones (excluding diaryl/α,β-unsaturated/α-hetero) is 1. The molecule has 2 rings (SSSR count). The van der Waals surface area contributed by atoms with Crippen LogP contribution in [0.2, 0.25) is 0 Å². The lowest BCUT2D eigenvalue weighted by atomic mass is 10.2. The number of aromatic nitrogens is 1. The van der Waals surface area contributed by atoms with Crippen LogP contribution in [0.4, 0.5) is 4.39 Å². The largest absolute Gasteiger partial charge is 0.478 e. The molecule has 0 bridgehead atoms. The number of nitrogens with zero attached hydrogens (tertiary/aromatic N) is 1. The lowest BCUT2D eigenvalue weighted by Gasteiger charge is -1.91. The molecule has 19 heavy (non-hydrogen) atoms. The van der Waals surface area contributed by atoms with Gasteiger partial charge in [-0.1, -0.05) is 6.07 Å². The van der Waals surface area contributed by atoms with Gasteiger partial charge in [0.25, 0.3) is 0 Å². The van der Waals surface area contributed by atoms with Gasteiger partial charge < -0.3 is 5.11 Å². The Kier molecular flexibility index (Phi) is 5.35. The van der Waals surface area contributed by atoms with Crippen LogP contribution in [-0.2, 0) is 0 Å². The molecule has 98 valence electrons. The number of rotatable bonds is 2. The average molecular weight is 261 g/mol. The number of hydrogen-bond acceptors (Lipinski definition) is 3. The molecule has 0 radical (unpaired) electrons. The molecule has 0 saturated carbocycles. The number of carboxylic acid groups (broad SMARTS) is 1. The molecule has 4 nitrogen and oxygen atoms in total. The van der Waals surface area contributed by atoms with Gasteiger partial charge in [0.15, 0.2) is 5.78 Å². The summed E-state index contributed by atoms with van der Waals surface area (Å²) in [5, 5.41) is 8.34. The molecule has 0 fully saturated rings. The number of hydrogen-bond donors (Lipinski definition) is 1. The van der Waals surface area contributed by atoms with Crippen LogP contribution in [-0.4, -0.2) is 21.8 Å². The molecule has 0 aliphatic heterocycles. The molecule has 0 aliphatic carbocycles. The first-order valence-corrected chi connectivity index (χ1v) is 5.40. The van der Waals surface area contributed by atoms with E-state index in [1.54, 1.807) is 24.5 Å². The summed E-state index contributed by atoms with van der Waals surface area (Å²) >= 11 is 0. The van der Waals surface area contributed by atoms with Crippen LogP contribution >= 0.6 is 0 Å². The highest BCUT2D eigenvalue weighted by molar-refractivity contribution is 5.93. The van der Waals surface area contributed by atoms with E-state index in [0.717, 1.165) is 6.07 Å². The molecule has 0 amide bonds. The van der Waals surface area contributed by atoms with E-state index < -0.39 is 11.8 Å². The van der Waals surface area contributed by atoms with Crippen LogP contribution in [0.5, 0.6) is 0 Å². The molecule has 0 saturated heterocycles. The molecule has 1 aromatic heterocycles. The fourth-order valence-corrected chi connectivity index (χ4v) is 1.21. The van der Waals surface area contributed by atoms with Crippen LogP contribution in [0.1, 0.15) is 27.6 Å². The van der Waals surface area contributed by atoms with Gasteiger partial charge in [0.1, 0.15) is 5.82 Å². The number of benzene rings is 1. The first-order chi connectivity index (χ1) is 9.00. The van der Waals surface area contributed by atoms with Crippen molar-refractivity contribution in [3.05, 3.63) is 65.7 Å². The second-order valence-electron chi connectivity index (χ2n) is 3.61. The van der Waals surface area contributed by atoms with E-state index in [-0.39, 0.29) is 11.3 Å². The van der Waals surface area contributed by atoms with E-state index in [1.165, 1.54) is 25.1 Å². The van der Waals surface area contributed by atoms with Crippen molar-refractivity contribution in [2.45, 2.75) is 6.92 Å². The van der Waals surface area contributed by atoms with Gasteiger partial charge in [-0.3, -0.25) is 9.78 Å². The standard InChI is InChI=1S/C7H5FO2.C7H7NO/c8-6-3-1-2-5(4-6)7(9)10;1-6(9)7-2-4-8-5-3-7/h1-4H,(H,9,10);2-5H,1H3. The minimum Gasteiger partial charge on any atom is -0.478 e. The van der Waals surface area contributed by atoms with Gasteiger partial charge in [-0.05, 0) is 37.3 Å². The summed E-state index contributed by atoms with van der Waals surface area (Å²) in [5.74, 6) is -1.56. The highest BCUT2D eigenvalue weighted by Crippen LogP contribution is 2.02. The Morgan fingerprint density at radius 1 is 1.11 bits per heavy atom. The van der Waals surface area contributed by atoms with Crippen molar-refractivity contribution in [3.8, 4) is 0 Å². The number of carbonyl (C=O) groups is 2. The summed E-state index contributed by atoms with van der Waals surface area (Å²) in [7, 11) is 0. The molecule has 5 heteroatoms. The van der Waals surface area contributed by atoms with Crippen molar-refractivity contribution in [1.82, 2.24) is 4.98 Å². The minimum absolute atomic E-state index is 0.0278. The van der Waals surface area contributed by atoms with Gasteiger partial charge >= 0.3 is 5.97 Å². The molecular weight excluding hydrogens is 249 g/mol. The first kappa shape index (κ1) is 14.5. The number of pyridine rings is 1. The van der Waals surface area contributed by atoms with Crippen LogP contribution in [0.15, 0.2) is 48.8 Å². The number of ketones is 1. The summed E-state index contributed by atoms with van der Waals surface area (Å²) in [6.07, 6.45) is 3.22. The van der Waals surface area contributed by atoms with E-state index in [4.69, 9.17) is 5.11 Å². The summed E-state index contributed by atoms with van der Waals surface area (Å²) in [4.78, 5) is 24.6. The van der Waals surface area contributed by atoms with Crippen molar-refractivity contribution in [1.29, 1.82) is 0 Å². The van der Waals surface area contributed by atoms with Crippen molar-refractivity contribution in [3.63, 3.8) is 0 Å². The van der Waals surface area contributed by atoms with Gasteiger partial charge in [-0.15, -0.1) is 0 Å². The SMILES string of the molecule is CC(=O)c1ccncc1.O=C(O)c1cccc(F)c1. The highest BCUT2D eigenvalue weighted by Gasteiger charge is 2.01. The first-order valence-electron chi connectivity index (χ1n) is 5.40. The van der Waals surface area contributed by atoms with Gasteiger partial charge in [-0.2, -0.15) is 0 Å². The van der Waals surface area contributed by atoms with E-state index in [0.29, 0.717) is 5.56 Å². The maximum atomic E-state index is 12.3. The number of carboxylic acids is 1. The smallest absolute Gasteiger partial charge is 0.335 e. The third-order valence-corrected chi connectivity index (χ3v) is 2.16. The molecule has 1 heterocycles. The van der Waals surface area contributed by atoms with E-state index in [2.05, 4.69) is 4.98 Å². The zero-order chi connectivity index (χ0) is 14.3. The number of carbonyl (C=O) groups excluding carboxylic acids is 1. The quantitative estimate of drug-likeness (QED) is 0.844. The predicted molar refractivity (Wildman–Crippen MR) is 67.6 cm³/mol.